The summed E-state index contributed by atoms with van der Waals surface area (Å²) in [5.41, 5.74) is 0. The van der Waals surface area contributed by atoms with Crippen molar-refractivity contribution in [2.45, 2.75) is 0 Å². The van der Waals surface area contributed by atoms with Gasteiger partial charge in [-0.15, -0.1) is 0 Å². The van der Waals surface area contributed by atoms with Gasteiger partial charge >= 0.3 is 119 Å². The first-order valence-electron chi connectivity index (χ1n) is 0.783. The molecule has 0 saturated carbocycles. The van der Waals surface area contributed by atoms with Crippen molar-refractivity contribution in [3.8, 4) is 0 Å². The van der Waals surface area contributed by atoms with Crippen LogP contribution in [0.3, 0.4) is 0 Å². The molecule has 0 unspecified atom stereocenters. The van der Waals surface area contributed by atoms with E-state index in [4.69, 9.17) is 19.2 Å². The molecule has 0 rings (SSSR count). The first kappa shape index (κ1) is 22.6. The van der Waals surface area contributed by atoms with E-state index in [2.05, 4.69) is 0 Å². The zero-order chi connectivity index (χ0) is 4.50. The quantitative estimate of drug-likeness (QED) is 0.306. The van der Waals surface area contributed by atoms with E-state index in [-0.39, 0.29) is 111 Å². The fourth-order valence-corrected chi connectivity index (χ4v) is 0. The van der Waals surface area contributed by atoms with Crippen molar-refractivity contribution < 1.29 is 19.2 Å². The van der Waals surface area contributed by atoms with Gasteiger partial charge in [0.2, 0.25) is 0 Å². The first-order chi connectivity index (χ1) is 2.00. The fourth-order valence-electron chi connectivity index (χ4n) is 0. The molecule has 0 aromatic heterocycles. The Morgan fingerprint density at radius 1 is 1.12 bits per heavy atom. The van der Waals surface area contributed by atoms with Crippen LogP contribution in [0.1, 0.15) is 0 Å². The molecule has 0 aliphatic carbocycles. The van der Waals surface area contributed by atoms with Crippen LogP contribution >= 0.6 is 7.82 Å². The predicted octanol–water partition coefficient (Wildman–Crippen LogP) is -3.14. The van der Waals surface area contributed by atoms with Crippen LogP contribution in [0.25, 0.3) is 0 Å². The van der Waals surface area contributed by atoms with Crippen molar-refractivity contribution in [3.63, 3.8) is 0 Å². The van der Waals surface area contributed by atoms with Crippen LogP contribution in [-0.4, -0.2) is 125 Å². The predicted molar refractivity (Wildman–Crippen MR) is 37.1 cm³/mol. The van der Waals surface area contributed by atoms with E-state index in [9.17, 15) is 0 Å². The van der Waals surface area contributed by atoms with Crippen molar-refractivity contribution in [2.24, 2.45) is 0 Å². The molecule has 8 heavy (non-hydrogen) atoms. The van der Waals surface area contributed by atoms with Gasteiger partial charge in [-0.05, 0) is 0 Å². The topological polar surface area (TPSA) is 77.8 Å². The maximum absolute atomic E-state index is 8.88. The molecule has 3 N–H and O–H groups in total. The molecule has 0 bridgehead atoms. The summed E-state index contributed by atoms with van der Waals surface area (Å²) in [6.45, 7) is 0. The van der Waals surface area contributed by atoms with E-state index in [1.165, 1.54) is 0 Å². The Morgan fingerprint density at radius 3 is 1.12 bits per heavy atom. The average molecular weight is 235 g/mol. The molecule has 0 atom stereocenters. The van der Waals surface area contributed by atoms with Crippen molar-refractivity contribution in [1.29, 1.82) is 0 Å². The molecule has 8 heteroatoms. The van der Waals surface area contributed by atoms with Crippen LogP contribution in [0.5, 0.6) is 0 Å². The summed E-state index contributed by atoms with van der Waals surface area (Å²) >= 11 is 0. The van der Waals surface area contributed by atoms with E-state index in [1.54, 1.807) is 0 Å². The van der Waals surface area contributed by atoms with Gasteiger partial charge in [-0.1, -0.05) is 0 Å². The zero-order valence-electron chi connectivity index (χ0n) is 2.20. The van der Waals surface area contributed by atoms with Gasteiger partial charge in [-0.3, -0.25) is 0 Å². The van der Waals surface area contributed by atoms with Gasteiger partial charge in [0.15, 0.2) is 0 Å². The van der Waals surface area contributed by atoms with Crippen LogP contribution in [-0.2, 0) is 4.57 Å². The molecule has 0 aromatic rings. The Morgan fingerprint density at radius 2 is 1.12 bits per heavy atom. The van der Waals surface area contributed by atoms with Crippen LogP contribution in [0, 0.1) is 0 Å². The summed E-state index contributed by atoms with van der Waals surface area (Å²) in [5.74, 6) is 0. The monoisotopic (exact) mass is 234 g/mol. The van der Waals surface area contributed by atoms with Gasteiger partial charge in [0, 0.05) is 0 Å². The molecule has 0 heterocycles. The van der Waals surface area contributed by atoms with Crippen LogP contribution in [0.2, 0.25) is 0 Å². The molecule has 0 aliphatic rings. The molecule has 0 radical (unpaired) electrons. The van der Waals surface area contributed by atoms with Crippen molar-refractivity contribution in [3.05, 3.63) is 0 Å². The van der Waals surface area contributed by atoms with E-state index >= 15 is 0 Å². The Kier molecular flexibility index (Phi) is 30.2. The summed E-state index contributed by atoms with van der Waals surface area (Å²) in [6, 6.07) is 0. The summed E-state index contributed by atoms with van der Waals surface area (Å²) < 4.78 is 8.88. The van der Waals surface area contributed by atoms with E-state index < -0.39 is 7.82 Å². The molecular weight excluding hydrogens is 228 g/mol. The molecule has 0 saturated heterocycles. The third kappa shape index (κ3) is 53.8. The van der Waals surface area contributed by atoms with Crippen LogP contribution < -0.4 is 0 Å². The second-order valence-corrected chi connectivity index (χ2v) is 1.54. The summed E-state index contributed by atoms with van der Waals surface area (Å²) in [4.78, 5) is 21.6. The number of rotatable bonds is 0. The molecule has 0 fully saturated rings. The summed E-state index contributed by atoms with van der Waals surface area (Å²) in [5, 5.41) is 0. The van der Waals surface area contributed by atoms with E-state index in [0.717, 1.165) is 0 Å². The molecule has 0 aromatic carbocycles. The van der Waals surface area contributed by atoms with Crippen molar-refractivity contribution in [1.82, 2.24) is 0 Å². The van der Waals surface area contributed by atoms with Crippen LogP contribution in [0.4, 0.5) is 0 Å². The number of hydrogen-bond donors (Lipinski definition) is 3. The SMILES string of the molecule is O=P(O)(O)O.[MgH2].[NaH].[RbH]. The summed E-state index contributed by atoms with van der Waals surface area (Å²) in [7, 11) is -4.64. The van der Waals surface area contributed by atoms with Crippen molar-refractivity contribution in [2.75, 3.05) is 0 Å². The Hall–Kier alpha value is 3.68. The standard InChI is InChI=1S/Mg.Na.H3O4P.Rb.4H/c;;1-5(2,3)4;;;;;/h;;(H3,1,2,3,4);;;;;. The summed E-state index contributed by atoms with van der Waals surface area (Å²) in [6.07, 6.45) is 0. The second-order valence-electron chi connectivity index (χ2n) is 0.513. The molecule has 4 nitrogen and oxygen atoms in total. The van der Waals surface area contributed by atoms with Gasteiger partial charge in [-0.2, -0.15) is 0 Å². The molecule has 0 aliphatic heterocycles. The average Bonchev–Trinajstić information content (AvgIpc) is 0.722. The number of phosphoric acid groups is 1. The van der Waals surface area contributed by atoms with E-state index in [0.29, 0.717) is 0 Å². The van der Waals surface area contributed by atoms with Crippen molar-refractivity contribution >= 4 is 119 Å². The third-order valence-corrected chi connectivity index (χ3v) is 0. The van der Waals surface area contributed by atoms with Gasteiger partial charge in [0.1, 0.15) is 0 Å². The number of hydrogen-bond acceptors (Lipinski definition) is 1. The normalized spacial score (nSPS) is 7.38. The minimum atomic E-state index is -4.64. The molecule has 0 amide bonds. The molecule has 40 valence electrons. The van der Waals surface area contributed by atoms with Gasteiger partial charge in [0.25, 0.3) is 0 Å². The maximum atomic E-state index is 8.88. The van der Waals surface area contributed by atoms with Gasteiger partial charge < -0.3 is 14.7 Å². The fraction of sp³-hybridized carbons (Fsp3) is 0. The Labute approximate surface area is 134 Å². The molecule has 0 spiro atoms. The minimum absolute atomic E-state index is 0. The first-order valence-corrected chi connectivity index (χ1v) is 2.35. The second kappa shape index (κ2) is 10.7. The Bertz CT molecular complexity index is 62.2. The third-order valence-electron chi connectivity index (χ3n) is 0. The van der Waals surface area contributed by atoms with Crippen LogP contribution in [0.15, 0.2) is 0 Å². The zero-order valence-corrected chi connectivity index (χ0v) is 3.09. The molecular formula is H7MgNaO4PRb. The van der Waals surface area contributed by atoms with Gasteiger partial charge in [0.05, 0.1) is 0 Å². The van der Waals surface area contributed by atoms with E-state index in [1.807, 2.05) is 0 Å². The van der Waals surface area contributed by atoms with Gasteiger partial charge in [-0.25, -0.2) is 4.57 Å². The Balaban J connectivity index is -0.0000000267.